The van der Waals surface area contributed by atoms with E-state index in [1.165, 1.54) is 11.4 Å². The Morgan fingerprint density at radius 2 is 1.75 bits per heavy atom. The first-order valence-electron chi connectivity index (χ1n) is 4.82. The van der Waals surface area contributed by atoms with Crippen molar-refractivity contribution in [3.05, 3.63) is 17.2 Å². The molecule has 12 heavy (non-hydrogen) atoms. The van der Waals surface area contributed by atoms with Crippen LogP contribution in [0.2, 0.25) is 0 Å². The van der Waals surface area contributed by atoms with E-state index in [1.54, 1.807) is 0 Å². The van der Waals surface area contributed by atoms with Crippen molar-refractivity contribution in [3.8, 4) is 0 Å². The van der Waals surface area contributed by atoms with Gasteiger partial charge in [-0.3, -0.25) is 0 Å². The van der Waals surface area contributed by atoms with Gasteiger partial charge in [-0.15, -0.1) is 0 Å². The summed E-state index contributed by atoms with van der Waals surface area (Å²) in [4.78, 5) is 7.58. The van der Waals surface area contributed by atoms with Crippen LogP contribution in [-0.4, -0.2) is 9.97 Å². The summed E-state index contributed by atoms with van der Waals surface area (Å²) in [6, 6.07) is 0. The molecule has 0 aliphatic carbocycles. The second-order valence-electron chi connectivity index (χ2n) is 2.45. The molecule has 0 aromatic carbocycles. The average molecular weight is 168 g/mol. The number of H-pyrrole nitrogens is 1. The first-order chi connectivity index (χ1) is 5.77. The predicted molar refractivity (Wildman–Crippen MR) is 53.4 cm³/mol. The molecule has 0 spiro atoms. The number of imidazole rings is 1. The van der Waals surface area contributed by atoms with Crippen molar-refractivity contribution in [2.24, 2.45) is 0 Å². The van der Waals surface area contributed by atoms with Crippen molar-refractivity contribution in [2.45, 2.75) is 47.5 Å². The summed E-state index contributed by atoms with van der Waals surface area (Å²) in [5.41, 5.74) is 2.51. The van der Waals surface area contributed by atoms with Crippen LogP contribution in [0, 0.1) is 6.92 Å². The van der Waals surface area contributed by atoms with Gasteiger partial charge < -0.3 is 4.98 Å². The fourth-order valence-corrected chi connectivity index (χ4v) is 1.17. The first kappa shape index (κ1) is 11.2. The molecular weight excluding hydrogens is 148 g/mol. The van der Waals surface area contributed by atoms with Crippen molar-refractivity contribution in [1.29, 1.82) is 0 Å². The maximum Gasteiger partial charge on any atom is 0.103 e. The Kier molecular flexibility index (Phi) is 5.43. The number of rotatable bonds is 2. The van der Waals surface area contributed by atoms with E-state index in [2.05, 4.69) is 23.8 Å². The summed E-state index contributed by atoms with van der Waals surface area (Å²) in [6.07, 6.45) is 2.09. The van der Waals surface area contributed by atoms with E-state index in [0.29, 0.717) is 0 Å². The molecule has 0 aliphatic heterocycles. The van der Waals surface area contributed by atoms with Crippen LogP contribution in [-0.2, 0) is 12.8 Å². The van der Waals surface area contributed by atoms with Gasteiger partial charge in [-0.2, -0.15) is 0 Å². The van der Waals surface area contributed by atoms with Crippen LogP contribution >= 0.6 is 0 Å². The summed E-state index contributed by atoms with van der Waals surface area (Å²) in [6.45, 7) is 10.3. The Morgan fingerprint density at radius 1 is 1.17 bits per heavy atom. The molecule has 0 atom stereocenters. The number of aromatic amines is 1. The quantitative estimate of drug-likeness (QED) is 0.722. The molecule has 0 saturated carbocycles. The van der Waals surface area contributed by atoms with Crippen LogP contribution in [0.15, 0.2) is 0 Å². The molecule has 0 amide bonds. The molecule has 2 heteroatoms. The fraction of sp³-hybridized carbons (Fsp3) is 0.700. The van der Waals surface area contributed by atoms with Crippen molar-refractivity contribution >= 4 is 0 Å². The molecule has 0 radical (unpaired) electrons. The second-order valence-corrected chi connectivity index (χ2v) is 2.45. The molecule has 1 rings (SSSR count). The van der Waals surface area contributed by atoms with Crippen LogP contribution in [0.4, 0.5) is 0 Å². The molecule has 0 saturated heterocycles. The third-order valence-corrected chi connectivity index (χ3v) is 1.67. The second kappa shape index (κ2) is 5.81. The summed E-state index contributed by atoms with van der Waals surface area (Å²) in [7, 11) is 0. The minimum Gasteiger partial charge on any atom is -0.346 e. The number of nitrogens with zero attached hydrogens (tertiary/aromatic N) is 1. The Hall–Kier alpha value is -0.790. The minimum absolute atomic E-state index is 1.04. The van der Waals surface area contributed by atoms with Crippen LogP contribution in [0.3, 0.4) is 0 Å². The summed E-state index contributed by atoms with van der Waals surface area (Å²) < 4.78 is 0. The highest BCUT2D eigenvalue weighted by Crippen LogP contribution is 2.06. The Labute approximate surface area is 75.4 Å². The average Bonchev–Trinajstić information content (AvgIpc) is 2.49. The van der Waals surface area contributed by atoms with E-state index >= 15 is 0 Å². The Bertz CT molecular complexity index is 192. The highest BCUT2D eigenvalue weighted by molar-refractivity contribution is 5.13. The number of hydrogen-bond acceptors (Lipinski definition) is 1. The summed E-state index contributed by atoms with van der Waals surface area (Å²) >= 11 is 0. The molecule has 0 aliphatic rings. The molecule has 1 N–H and O–H groups in total. The Balaban J connectivity index is 0.000000561. The van der Waals surface area contributed by atoms with E-state index in [9.17, 15) is 0 Å². The third-order valence-electron chi connectivity index (χ3n) is 1.67. The SMILES string of the molecule is CC.CCc1nc(C)[nH]c1CC. The van der Waals surface area contributed by atoms with Gasteiger partial charge in [0.05, 0.1) is 5.69 Å². The molecule has 70 valence electrons. The largest absolute Gasteiger partial charge is 0.346 e. The van der Waals surface area contributed by atoms with Crippen LogP contribution in [0.5, 0.6) is 0 Å². The molecule has 0 bridgehead atoms. The lowest BCUT2D eigenvalue weighted by Crippen LogP contribution is -1.87. The smallest absolute Gasteiger partial charge is 0.103 e. The maximum absolute atomic E-state index is 4.34. The molecule has 2 nitrogen and oxygen atoms in total. The van der Waals surface area contributed by atoms with E-state index in [-0.39, 0.29) is 0 Å². The molecular formula is C10H20N2. The lowest BCUT2D eigenvalue weighted by atomic mass is 10.2. The van der Waals surface area contributed by atoms with Gasteiger partial charge in [0.2, 0.25) is 0 Å². The molecule has 1 heterocycles. The number of aromatic nitrogens is 2. The maximum atomic E-state index is 4.34. The highest BCUT2D eigenvalue weighted by Gasteiger charge is 2.01. The van der Waals surface area contributed by atoms with Crippen molar-refractivity contribution < 1.29 is 0 Å². The van der Waals surface area contributed by atoms with Crippen molar-refractivity contribution in [1.82, 2.24) is 9.97 Å². The molecule has 0 fully saturated rings. The highest BCUT2D eigenvalue weighted by atomic mass is 14.9. The van der Waals surface area contributed by atoms with Gasteiger partial charge >= 0.3 is 0 Å². The van der Waals surface area contributed by atoms with E-state index in [1.807, 2.05) is 20.8 Å². The first-order valence-corrected chi connectivity index (χ1v) is 4.82. The van der Waals surface area contributed by atoms with Crippen molar-refractivity contribution in [2.75, 3.05) is 0 Å². The van der Waals surface area contributed by atoms with Crippen LogP contribution in [0.25, 0.3) is 0 Å². The Morgan fingerprint density at radius 3 is 2.08 bits per heavy atom. The topological polar surface area (TPSA) is 28.7 Å². The van der Waals surface area contributed by atoms with Gasteiger partial charge in [-0.05, 0) is 19.8 Å². The predicted octanol–water partition coefficient (Wildman–Crippen LogP) is 2.87. The van der Waals surface area contributed by atoms with E-state index < -0.39 is 0 Å². The fourth-order valence-electron chi connectivity index (χ4n) is 1.17. The zero-order chi connectivity index (χ0) is 9.56. The number of aryl methyl sites for hydroxylation is 3. The standard InChI is InChI=1S/C8H14N2.C2H6/c1-4-7-8(5-2)10-6(3)9-7;1-2/h4-5H2,1-3H3,(H,9,10);1-2H3. The lowest BCUT2D eigenvalue weighted by molar-refractivity contribution is 0.979. The van der Waals surface area contributed by atoms with Gasteiger partial charge in [0.1, 0.15) is 5.82 Å². The minimum atomic E-state index is 1.04. The van der Waals surface area contributed by atoms with Gasteiger partial charge in [-0.1, -0.05) is 27.7 Å². The zero-order valence-corrected chi connectivity index (χ0v) is 8.86. The van der Waals surface area contributed by atoms with E-state index in [0.717, 1.165) is 18.7 Å². The van der Waals surface area contributed by atoms with E-state index in [4.69, 9.17) is 0 Å². The van der Waals surface area contributed by atoms with Gasteiger partial charge in [-0.25, -0.2) is 4.98 Å². The van der Waals surface area contributed by atoms with Crippen molar-refractivity contribution in [3.63, 3.8) is 0 Å². The van der Waals surface area contributed by atoms with Crippen LogP contribution < -0.4 is 0 Å². The summed E-state index contributed by atoms with van der Waals surface area (Å²) in [5, 5.41) is 0. The number of nitrogens with one attached hydrogen (secondary N) is 1. The van der Waals surface area contributed by atoms with Gasteiger partial charge in [0.15, 0.2) is 0 Å². The van der Waals surface area contributed by atoms with Gasteiger partial charge in [0, 0.05) is 5.69 Å². The molecule has 1 aromatic heterocycles. The molecule has 0 unspecified atom stereocenters. The third kappa shape index (κ3) is 2.68. The normalized spacial score (nSPS) is 9.08. The van der Waals surface area contributed by atoms with Crippen LogP contribution in [0.1, 0.15) is 44.9 Å². The summed E-state index contributed by atoms with van der Waals surface area (Å²) in [5.74, 6) is 1.04. The molecule has 1 aromatic rings. The zero-order valence-electron chi connectivity index (χ0n) is 8.86. The monoisotopic (exact) mass is 168 g/mol. The number of hydrogen-bond donors (Lipinski definition) is 1. The van der Waals surface area contributed by atoms with Gasteiger partial charge in [0.25, 0.3) is 0 Å². The lowest BCUT2D eigenvalue weighted by Gasteiger charge is -1.91.